The van der Waals surface area contributed by atoms with Gasteiger partial charge in [-0.15, -0.1) is 0 Å². The van der Waals surface area contributed by atoms with Crippen molar-refractivity contribution in [3.05, 3.63) is 0 Å². The lowest BCUT2D eigenvalue weighted by Gasteiger charge is -2.09. The molecule has 0 aromatic heterocycles. The van der Waals surface area contributed by atoms with E-state index < -0.39 is 5.97 Å². The van der Waals surface area contributed by atoms with E-state index in [4.69, 9.17) is 0 Å². The SMILES string of the molecule is CCCCOOC(=O)CC(=O)C(CC)CC.[AlH3]. The van der Waals surface area contributed by atoms with Crippen LogP contribution in [-0.4, -0.2) is 35.7 Å². The van der Waals surface area contributed by atoms with Crippen LogP contribution in [0.25, 0.3) is 0 Å². The highest BCUT2D eigenvalue weighted by Crippen LogP contribution is 2.11. The topological polar surface area (TPSA) is 52.6 Å². The highest BCUT2D eigenvalue weighted by atomic mass is 27.0. The minimum atomic E-state index is -0.590. The van der Waals surface area contributed by atoms with E-state index in [9.17, 15) is 9.59 Å². The number of hydrogen-bond acceptors (Lipinski definition) is 4. The Hall–Kier alpha value is -0.368. The van der Waals surface area contributed by atoms with Gasteiger partial charge in [0.2, 0.25) is 0 Å². The zero-order chi connectivity index (χ0) is 12.4. The normalized spacial score (nSPS) is 9.88. The molecule has 0 saturated carbocycles. The molecular weight excluding hydrogens is 235 g/mol. The van der Waals surface area contributed by atoms with Crippen molar-refractivity contribution in [1.29, 1.82) is 0 Å². The summed E-state index contributed by atoms with van der Waals surface area (Å²) in [6.07, 6.45) is 3.16. The van der Waals surface area contributed by atoms with E-state index in [2.05, 4.69) is 9.78 Å². The summed E-state index contributed by atoms with van der Waals surface area (Å²) in [6, 6.07) is 0. The minimum absolute atomic E-state index is 0. The Morgan fingerprint density at radius 3 is 2.18 bits per heavy atom. The van der Waals surface area contributed by atoms with Crippen LogP contribution in [0.15, 0.2) is 0 Å². The quantitative estimate of drug-likeness (QED) is 0.207. The Morgan fingerprint density at radius 1 is 1.12 bits per heavy atom. The van der Waals surface area contributed by atoms with Crippen LogP contribution >= 0.6 is 0 Å². The standard InChI is InChI=1S/C12H22O4.Al.3H/c1-4-7-8-15-16-12(14)9-11(13)10(5-2)6-3;;;;/h10H,4-9H2,1-3H3;;;;. The molecule has 0 spiro atoms. The summed E-state index contributed by atoms with van der Waals surface area (Å²) in [5.74, 6) is -0.690. The molecule has 0 bridgehead atoms. The number of Topliss-reactive ketones (excluding diaryl/α,β-unsaturated/α-hetero) is 1. The van der Waals surface area contributed by atoms with Gasteiger partial charge < -0.3 is 0 Å². The average molecular weight is 260 g/mol. The Bertz CT molecular complexity index is 215. The molecule has 100 valence electrons. The zero-order valence-electron chi connectivity index (χ0n) is 10.5. The maximum absolute atomic E-state index is 11.5. The first-order chi connectivity index (χ1) is 7.65. The summed E-state index contributed by atoms with van der Waals surface area (Å²) < 4.78 is 0. The molecule has 0 aliphatic heterocycles. The zero-order valence-corrected chi connectivity index (χ0v) is 10.5. The monoisotopic (exact) mass is 260 g/mol. The third kappa shape index (κ3) is 9.34. The Balaban J connectivity index is 0. The first-order valence-electron chi connectivity index (χ1n) is 6.00. The van der Waals surface area contributed by atoms with Crippen molar-refractivity contribution < 1.29 is 19.4 Å². The van der Waals surface area contributed by atoms with Crippen LogP contribution < -0.4 is 0 Å². The minimum Gasteiger partial charge on any atom is -0.299 e. The average Bonchev–Trinajstić information content (AvgIpc) is 2.26. The number of carbonyl (C=O) groups is 2. The van der Waals surface area contributed by atoms with Gasteiger partial charge in [0.25, 0.3) is 0 Å². The van der Waals surface area contributed by atoms with Crippen molar-refractivity contribution in [3.63, 3.8) is 0 Å². The third-order valence-electron chi connectivity index (χ3n) is 2.49. The molecule has 0 fully saturated rings. The molecule has 4 nitrogen and oxygen atoms in total. The van der Waals surface area contributed by atoms with Gasteiger partial charge in [-0.25, -0.2) is 4.79 Å². The molecule has 0 radical (unpaired) electrons. The van der Waals surface area contributed by atoms with Gasteiger partial charge in [-0.05, 0) is 19.3 Å². The Morgan fingerprint density at radius 2 is 1.71 bits per heavy atom. The third-order valence-corrected chi connectivity index (χ3v) is 2.49. The van der Waals surface area contributed by atoms with Gasteiger partial charge in [-0.2, -0.15) is 4.89 Å². The van der Waals surface area contributed by atoms with E-state index in [1.54, 1.807) is 0 Å². The fourth-order valence-electron chi connectivity index (χ4n) is 1.37. The van der Waals surface area contributed by atoms with Crippen LogP contribution in [0.5, 0.6) is 0 Å². The lowest BCUT2D eigenvalue weighted by Crippen LogP contribution is -2.18. The van der Waals surface area contributed by atoms with Gasteiger partial charge in [0, 0.05) is 5.92 Å². The first-order valence-corrected chi connectivity index (χ1v) is 6.00. The summed E-state index contributed by atoms with van der Waals surface area (Å²) in [5, 5.41) is 0. The van der Waals surface area contributed by atoms with Gasteiger partial charge in [-0.1, -0.05) is 27.2 Å². The number of carbonyl (C=O) groups excluding carboxylic acids is 2. The van der Waals surface area contributed by atoms with Crippen molar-refractivity contribution in [2.24, 2.45) is 5.92 Å². The van der Waals surface area contributed by atoms with E-state index in [1.165, 1.54) is 0 Å². The summed E-state index contributed by atoms with van der Waals surface area (Å²) in [7, 11) is 0. The molecule has 0 heterocycles. The molecule has 0 aliphatic rings. The highest BCUT2D eigenvalue weighted by molar-refractivity contribution is 5.96. The second kappa shape index (κ2) is 12.1. The van der Waals surface area contributed by atoms with E-state index in [1.807, 2.05) is 20.8 Å². The van der Waals surface area contributed by atoms with Gasteiger partial charge in [0.1, 0.15) is 12.2 Å². The molecule has 5 heteroatoms. The van der Waals surface area contributed by atoms with Crippen molar-refractivity contribution in [1.82, 2.24) is 0 Å². The van der Waals surface area contributed by atoms with Crippen LogP contribution in [0.1, 0.15) is 52.9 Å². The highest BCUT2D eigenvalue weighted by Gasteiger charge is 2.19. The summed E-state index contributed by atoms with van der Waals surface area (Å²) in [5.41, 5.74) is 0. The lowest BCUT2D eigenvalue weighted by molar-refractivity contribution is -0.272. The second-order valence-electron chi connectivity index (χ2n) is 3.79. The van der Waals surface area contributed by atoms with Gasteiger partial charge in [0.15, 0.2) is 17.4 Å². The molecule has 0 rings (SSSR count). The largest absolute Gasteiger partial charge is 0.349 e. The smallest absolute Gasteiger partial charge is 0.299 e. The van der Waals surface area contributed by atoms with E-state index >= 15 is 0 Å². The molecule has 0 aromatic carbocycles. The predicted molar refractivity (Wildman–Crippen MR) is 70.6 cm³/mol. The number of rotatable bonds is 9. The van der Waals surface area contributed by atoms with E-state index in [0.29, 0.717) is 6.61 Å². The van der Waals surface area contributed by atoms with Crippen molar-refractivity contribution in [2.45, 2.75) is 52.9 Å². The Kier molecular flexibility index (Phi) is 13.5. The molecule has 0 atom stereocenters. The molecule has 0 amide bonds. The molecule has 0 N–H and O–H groups in total. The number of hydrogen-bond donors (Lipinski definition) is 0. The van der Waals surface area contributed by atoms with Gasteiger partial charge in [0.05, 0.1) is 6.61 Å². The van der Waals surface area contributed by atoms with Crippen LogP contribution in [0.3, 0.4) is 0 Å². The summed E-state index contributed by atoms with van der Waals surface area (Å²) in [4.78, 5) is 31.9. The van der Waals surface area contributed by atoms with Gasteiger partial charge in [-0.3, -0.25) is 9.68 Å². The predicted octanol–water partition coefficient (Wildman–Crippen LogP) is 1.47. The molecule has 0 aromatic rings. The van der Waals surface area contributed by atoms with Crippen molar-refractivity contribution >= 4 is 29.1 Å². The number of unbranched alkanes of at least 4 members (excludes halogenated alkanes) is 1. The molecule has 0 saturated heterocycles. The molecule has 0 unspecified atom stereocenters. The fourth-order valence-corrected chi connectivity index (χ4v) is 1.37. The summed E-state index contributed by atoms with van der Waals surface area (Å²) >= 11 is 0. The van der Waals surface area contributed by atoms with Crippen LogP contribution in [0, 0.1) is 5.92 Å². The van der Waals surface area contributed by atoms with Crippen LogP contribution in [0.4, 0.5) is 0 Å². The Labute approximate surface area is 114 Å². The van der Waals surface area contributed by atoms with E-state index in [0.717, 1.165) is 25.7 Å². The van der Waals surface area contributed by atoms with Crippen molar-refractivity contribution in [3.8, 4) is 0 Å². The first kappa shape index (κ1) is 19.0. The van der Waals surface area contributed by atoms with Crippen molar-refractivity contribution in [2.75, 3.05) is 6.61 Å². The molecule has 0 aliphatic carbocycles. The molecular formula is C12H25AlO4. The van der Waals surface area contributed by atoms with Crippen LogP contribution in [0.2, 0.25) is 0 Å². The lowest BCUT2D eigenvalue weighted by atomic mass is 9.96. The summed E-state index contributed by atoms with van der Waals surface area (Å²) in [6.45, 7) is 6.29. The maximum Gasteiger partial charge on any atom is 0.349 e. The van der Waals surface area contributed by atoms with Gasteiger partial charge >= 0.3 is 5.97 Å². The van der Waals surface area contributed by atoms with Crippen LogP contribution in [-0.2, 0) is 19.4 Å². The number of ketones is 1. The second-order valence-corrected chi connectivity index (χ2v) is 3.79. The van der Waals surface area contributed by atoms with E-state index in [-0.39, 0.29) is 35.5 Å². The maximum atomic E-state index is 11.5. The fraction of sp³-hybridized carbons (Fsp3) is 0.833. The molecule has 17 heavy (non-hydrogen) atoms.